The molecule has 0 bridgehead atoms. The van der Waals surface area contributed by atoms with Crippen LogP contribution in [0.4, 0.5) is 4.39 Å². The van der Waals surface area contributed by atoms with Gasteiger partial charge in [0.05, 0.1) is 5.88 Å². The Morgan fingerprint density at radius 2 is 1.36 bits per heavy atom. The topological polar surface area (TPSA) is 0 Å². The quantitative estimate of drug-likeness (QED) is 0.439. The molecule has 0 nitrogen and oxygen atoms in total. The van der Waals surface area contributed by atoms with E-state index < -0.39 is 0 Å². The molecule has 0 spiro atoms. The van der Waals surface area contributed by atoms with E-state index in [9.17, 15) is 4.39 Å². The highest BCUT2D eigenvalue weighted by Gasteiger charge is 2.14. The monoisotopic (exact) mass is 380 g/mol. The van der Waals surface area contributed by atoms with Crippen molar-refractivity contribution in [1.82, 2.24) is 0 Å². The highest BCUT2D eigenvalue weighted by Crippen LogP contribution is 2.31. The Balaban J connectivity index is 2.55. The summed E-state index contributed by atoms with van der Waals surface area (Å²) in [4.78, 5) is 0. The number of hydrogen-bond acceptors (Lipinski definition) is 0. The summed E-state index contributed by atoms with van der Waals surface area (Å²) in [5.41, 5.74) is 6.17. The number of halogens is 3. The van der Waals surface area contributed by atoms with Crippen molar-refractivity contribution in [2.45, 2.75) is 52.3 Å². The third-order valence-electron chi connectivity index (χ3n) is 4.33. The predicted octanol–water partition coefficient (Wildman–Crippen LogP) is 7.37. The van der Waals surface area contributed by atoms with E-state index in [1.54, 1.807) is 0 Å². The van der Waals surface area contributed by atoms with Crippen LogP contribution in [0.25, 0.3) is 11.1 Å². The van der Waals surface area contributed by atoms with E-state index in [-0.39, 0.29) is 17.6 Å². The van der Waals surface area contributed by atoms with Gasteiger partial charge < -0.3 is 0 Å². The normalized spacial score (nSPS) is 11.6. The molecule has 0 aliphatic rings. The van der Waals surface area contributed by atoms with E-state index in [0.717, 1.165) is 29.5 Å². The Bertz CT molecular complexity index is 720. The second-order valence-corrected chi connectivity index (χ2v) is 8.08. The maximum absolute atomic E-state index is 14.0. The van der Waals surface area contributed by atoms with Gasteiger partial charge in [0.25, 0.3) is 0 Å². The van der Waals surface area contributed by atoms with Gasteiger partial charge in [0.2, 0.25) is 0 Å². The second-order valence-electron chi connectivity index (χ2n) is 7.55. The van der Waals surface area contributed by atoms with Crippen LogP contribution in [0.2, 0.25) is 0 Å². The fourth-order valence-corrected chi connectivity index (χ4v) is 3.63. The van der Waals surface area contributed by atoms with Crippen LogP contribution < -0.4 is 0 Å². The van der Waals surface area contributed by atoms with Gasteiger partial charge in [-0.25, -0.2) is 4.39 Å². The van der Waals surface area contributed by atoms with Crippen LogP contribution >= 0.6 is 23.2 Å². The predicted molar refractivity (Wildman–Crippen MR) is 108 cm³/mol. The lowest BCUT2D eigenvalue weighted by Crippen LogP contribution is -2.04. The molecule has 0 unspecified atom stereocenters. The molecular formula is C22H27Cl2F. The van der Waals surface area contributed by atoms with Crippen molar-refractivity contribution >= 4 is 23.2 Å². The molecule has 0 saturated heterocycles. The summed E-state index contributed by atoms with van der Waals surface area (Å²) in [6.07, 6.45) is 2.11. The van der Waals surface area contributed by atoms with Crippen molar-refractivity contribution < 1.29 is 4.39 Å². The minimum atomic E-state index is -0.284. The first-order valence-corrected chi connectivity index (χ1v) is 9.98. The first kappa shape index (κ1) is 20.3. The molecule has 2 aromatic rings. The molecule has 0 aromatic heterocycles. The molecule has 0 N–H and O–H groups in total. The van der Waals surface area contributed by atoms with Crippen molar-refractivity contribution in [1.29, 1.82) is 0 Å². The molecule has 0 amide bonds. The fourth-order valence-electron chi connectivity index (χ4n) is 3.20. The molecule has 0 atom stereocenters. The van der Waals surface area contributed by atoms with Crippen LogP contribution in [-0.2, 0) is 24.6 Å². The van der Waals surface area contributed by atoms with Gasteiger partial charge in [0.1, 0.15) is 5.82 Å². The van der Waals surface area contributed by atoms with Gasteiger partial charge in [-0.15, -0.1) is 23.2 Å². The highest BCUT2D eigenvalue weighted by atomic mass is 35.5. The van der Waals surface area contributed by atoms with Gasteiger partial charge in [-0.2, -0.15) is 0 Å². The minimum Gasteiger partial charge on any atom is -0.207 e. The van der Waals surface area contributed by atoms with Crippen LogP contribution in [0.15, 0.2) is 30.3 Å². The zero-order valence-corrected chi connectivity index (χ0v) is 17.0. The minimum absolute atomic E-state index is 0.158. The average Bonchev–Trinajstić information content (AvgIpc) is 2.55. The standard InChI is InChI=1S/C22H27Cl2F/c1-14(2)7-16-5-6-17(9-18(16)8-15(3)4)21-10-20(13-24)22(25)11-19(21)12-23/h5-6,9-11,14-15H,7-8,12-13H2,1-4H3. The molecule has 0 heterocycles. The van der Waals surface area contributed by atoms with Crippen LogP contribution in [0, 0.1) is 17.7 Å². The lowest BCUT2D eigenvalue weighted by atomic mass is 9.89. The summed E-state index contributed by atoms with van der Waals surface area (Å²) < 4.78 is 14.0. The zero-order valence-electron chi connectivity index (χ0n) is 15.5. The summed E-state index contributed by atoms with van der Waals surface area (Å²) in [5, 5.41) is 0. The van der Waals surface area contributed by atoms with Gasteiger partial charge in [0.15, 0.2) is 0 Å². The molecule has 0 radical (unpaired) electrons. The molecule has 0 aliphatic carbocycles. The van der Waals surface area contributed by atoms with Gasteiger partial charge in [-0.05, 0) is 64.6 Å². The van der Waals surface area contributed by atoms with Crippen molar-refractivity contribution in [3.63, 3.8) is 0 Å². The van der Waals surface area contributed by atoms with E-state index in [4.69, 9.17) is 23.2 Å². The van der Waals surface area contributed by atoms with E-state index in [2.05, 4.69) is 45.9 Å². The third kappa shape index (κ3) is 5.21. The van der Waals surface area contributed by atoms with Crippen molar-refractivity contribution in [2.75, 3.05) is 0 Å². The second kappa shape index (κ2) is 9.05. The molecule has 25 heavy (non-hydrogen) atoms. The van der Waals surface area contributed by atoms with Crippen molar-refractivity contribution in [3.8, 4) is 11.1 Å². The summed E-state index contributed by atoms with van der Waals surface area (Å²) in [5.74, 6) is 1.35. The summed E-state index contributed by atoms with van der Waals surface area (Å²) in [6.45, 7) is 8.95. The summed E-state index contributed by atoms with van der Waals surface area (Å²) in [6, 6.07) is 9.96. The third-order valence-corrected chi connectivity index (χ3v) is 4.91. The summed E-state index contributed by atoms with van der Waals surface area (Å²) in [7, 11) is 0. The Morgan fingerprint density at radius 3 is 1.92 bits per heavy atom. The number of alkyl halides is 2. The van der Waals surface area contributed by atoms with Gasteiger partial charge in [-0.1, -0.05) is 45.9 Å². The van der Waals surface area contributed by atoms with Crippen LogP contribution in [-0.4, -0.2) is 0 Å². The van der Waals surface area contributed by atoms with Gasteiger partial charge in [0, 0.05) is 11.4 Å². The van der Waals surface area contributed by atoms with Crippen LogP contribution in [0.3, 0.4) is 0 Å². The largest absolute Gasteiger partial charge is 0.207 e. The highest BCUT2D eigenvalue weighted by molar-refractivity contribution is 6.18. The van der Waals surface area contributed by atoms with Gasteiger partial charge in [-0.3, -0.25) is 0 Å². The Kier molecular flexibility index (Phi) is 7.34. The molecule has 2 rings (SSSR count). The number of rotatable bonds is 7. The number of hydrogen-bond donors (Lipinski definition) is 0. The van der Waals surface area contributed by atoms with E-state index in [0.29, 0.717) is 17.4 Å². The zero-order chi connectivity index (χ0) is 18.6. The molecule has 0 fully saturated rings. The van der Waals surface area contributed by atoms with E-state index in [1.807, 2.05) is 6.07 Å². The molecule has 2 aromatic carbocycles. The van der Waals surface area contributed by atoms with E-state index >= 15 is 0 Å². The van der Waals surface area contributed by atoms with Gasteiger partial charge >= 0.3 is 0 Å². The SMILES string of the molecule is CC(C)Cc1ccc(-c2cc(CCl)c(F)cc2CCl)cc1CC(C)C. The average molecular weight is 381 g/mol. The molecular weight excluding hydrogens is 354 g/mol. The fraction of sp³-hybridized carbons (Fsp3) is 0.455. The maximum atomic E-state index is 14.0. The molecule has 0 aliphatic heterocycles. The first-order valence-electron chi connectivity index (χ1n) is 8.91. The molecule has 3 heteroatoms. The van der Waals surface area contributed by atoms with Crippen LogP contribution in [0.5, 0.6) is 0 Å². The lowest BCUT2D eigenvalue weighted by molar-refractivity contribution is 0.615. The molecule has 136 valence electrons. The molecule has 0 saturated carbocycles. The first-order chi connectivity index (χ1) is 11.8. The lowest BCUT2D eigenvalue weighted by Gasteiger charge is -2.17. The van der Waals surface area contributed by atoms with Crippen molar-refractivity contribution in [2.24, 2.45) is 11.8 Å². The Morgan fingerprint density at radius 1 is 0.760 bits per heavy atom. The van der Waals surface area contributed by atoms with Crippen LogP contribution in [0.1, 0.15) is 49.9 Å². The summed E-state index contributed by atoms with van der Waals surface area (Å²) >= 11 is 12.0. The maximum Gasteiger partial charge on any atom is 0.127 e. The van der Waals surface area contributed by atoms with Crippen molar-refractivity contribution in [3.05, 3.63) is 58.4 Å². The van der Waals surface area contributed by atoms with E-state index in [1.165, 1.54) is 17.2 Å². The Hall–Kier alpha value is -1.05. The number of benzene rings is 2. The smallest absolute Gasteiger partial charge is 0.127 e. The Labute approximate surface area is 161 Å².